The number of anilines is 2. The highest BCUT2D eigenvalue weighted by atomic mass is 32.2. The molecule has 1 aliphatic carbocycles. The van der Waals surface area contributed by atoms with Gasteiger partial charge in [-0.15, -0.1) is 11.3 Å². The SMILES string of the molecule is C1=CC(CN2c3ccccc3C3(c4ccccc4Sc4ccccc43)c3sccc32)C=C1. The Morgan fingerprint density at radius 2 is 1.31 bits per heavy atom. The van der Waals surface area contributed by atoms with Crippen LogP contribution in [0.4, 0.5) is 11.4 Å². The lowest BCUT2D eigenvalue weighted by molar-refractivity contribution is 0.685. The lowest BCUT2D eigenvalue weighted by Crippen LogP contribution is -2.40. The minimum absolute atomic E-state index is 0.281. The molecule has 0 amide bonds. The van der Waals surface area contributed by atoms with Crippen molar-refractivity contribution >= 4 is 34.5 Å². The Morgan fingerprint density at radius 1 is 0.688 bits per heavy atom. The van der Waals surface area contributed by atoms with Crippen LogP contribution in [-0.4, -0.2) is 6.54 Å². The fraction of sp³-hybridized carbons (Fsp3) is 0.103. The zero-order valence-electron chi connectivity index (χ0n) is 17.4. The van der Waals surface area contributed by atoms with Crippen LogP contribution in [0.15, 0.2) is 118 Å². The van der Waals surface area contributed by atoms with Gasteiger partial charge in [-0.05, 0) is 46.3 Å². The number of allylic oxidation sites excluding steroid dienone is 2. The van der Waals surface area contributed by atoms with Gasteiger partial charge in [0.05, 0.1) is 11.1 Å². The van der Waals surface area contributed by atoms with Gasteiger partial charge in [0, 0.05) is 32.8 Å². The lowest BCUT2D eigenvalue weighted by Gasteiger charge is -2.47. The van der Waals surface area contributed by atoms with Gasteiger partial charge >= 0.3 is 0 Å². The number of thiophene rings is 1. The molecule has 154 valence electrons. The van der Waals surface area contributed by atoms with E-state index in [1.54, 1.807) is 0 Å². The van der Waals surface area contributed by atoms with Gasteiger partial charge in [-0.1, -0.05) is 90.7 Å². The van der Waals surface area contributed by atoms with Gasteiger partial charge < -0.3 is 4.90 Å². The zero-order valence-corrected chi connectivity index (χ0v) is 19.1. The molecule has 0 unspecified atom stereocenters. The first-order valence-electron chi connectivity index (χ1n) is 11.0. The molecular formula is C29H21NS2. The molecule has 1 aromatic heterocycles. The third kappa shape index (κ3) is 2.41. The number of hydrogen-bond acceptors (Lipinski definition) is 3. The van der Waals surface area contributed by atoms with Crippen molar-refractivity contribution < 1.29 is 0 Å². The van der Waals surface area contributed by atoms with Crippen LogP contribution in [0.3, 0.4) is 0 Å². The van der Waals surface area contributed by atoms with E-state index in [0.29, 0.717) is 5.92 Å². The number of para-hydroxylation sites is 1. The Morgan fingerprint density at radius 3 is 2.03 bits per heavy atom. The molecule has 0 bridgehead atoms. The number of rotatable bonds is 2. The summed E-state index contributed by atoms with van der Waals surface area (Å²) in [7, 11) is 0. The molecule has 0 atom stereocenters. The van der Waals surface area contributed by atoms with Crippen molar-refractivity contribution in [2.24, 2.45) is 5.92 Å². The standard InChI is InChI=1S/C29H21NS2/c1-2-10-20(9-1)19-30-24-14-6-3-11-21(24)29(28-25(30)17-18-31-28)22-12-4-7-15-26(22)32-27-16-8-5-13-23(27)29/h1-18,20H,19H2. The van der Waals surface area contributed by atoms with Crippen molar-refractivity contribution in [3.05, 3.63) is 130 Å². The van der Waals surface area contributed by atoms with E-state index in [0.717, 1.165) is 6.54 Å². The van der Waals surface area contributed by atoms with E-state index in [-0.39, 0.29) is 5.41 Å². The van der Waals surface area contributed by atoms with Crippen LogP contribution >= 0.6 is 23.1 Å². The minimum Gasteiger partial charge on any atom is -0.339 e. The second-order valence-electron chi connectivity index (χ2n) is 8.54. The van der Waals surface area contributed by atoms with Crippen LogP contribution in [0, 0.1) is 5.92 Å². The largest absolute Gasteiger partial charge is 0.339 e. The monoisotopic (exact) mass is 447 g/mol. The molecule has 3 aliphatic rings. The van der Waals surface area contributed by atoms with Crippen molar-refractivity contribution in [1.29, 1.82) is 0 Å². The summed E-state index contributed by atoms with van der Waals surface area (Å²) < 4.78 is 0. The molecule has 1 nitrogen and oxygen atoms in total. The van der Waals surface area contributed by atoms with Crippen LogP contribution in [0.2, 0.25) is 0 Å². The van der Waals surface area contributed by atoms with Crippen LogP contribution in [0.25, 0.3) is 0 Å². The predicted molar refractivity (Wildman–Crippen MR) is 136 cm³/mol. The van der Waals surface area contributed by atoms with E-state index < -0.39 is 0 Å². The average Bonchev–Trinajstić information content (AvgIpc) is 3.54. The second-order valence-corrected chi connectivity index (χ2v) is 10.5. The molecule has 1 spiro atoms. The normalized spacial score (nSPS) is 17.2. The molecule has 0 saturated carbocycles. The van der Waals surface area contributed by atoms with Crippen molar-refractivity contribution in [2.45, 2.75) is 15.2 Å². The quantitative estimate of drug-likeness (QED) is 0.272. The van der Waals surface area contributed by atoms with Crippen molar-refractivity contribution in [3.8, 4) is 0 Å². The van der Waals surface area contributed by atoms with E-state index in [1.165, 1.54) is 42.7 Å². The van der Waals surface area contributed by atoms with Crippen LogP contribution in [0.1, 0.15) is 21.6 Å². The number of fused-ring (bicyclic) bond motifs is 8. The van der Waals surface area contributed by atoms with E-state index in [9.17, 15) is 0 Å². The third-order valence-electron chi connectivity index (χ3n) is 6.90. The molecule has 3 heteroatoms. The summed E-state index contributed by atoms with van der Waals surface area (Å²) in [5.74, 6) is 0.436. The Balaban J connectivity index is 1.57. The Labute approximate surface area is 196 Å². The summed E-state index contributed by atoms with van der Waals surface area (Å²) in [6.07, 6.45) is 8.95. The maximum absolute atomic E-state index is 2.55. The summed E-state index contributed by atoms with van der Waals surface area (Å²) in [5, 5.41) is 2.28. The molecule has 0 N–H and O–H groups in total. The third-order valence-corrected chi connectivity index (χ3v) is 9.07. The topological polar surface area (TPSA) is 3.24 Å². The maximum Gasteiger partial charge on any atom is 0.0857 e. The lowest BCUT2D eigenvalue weighted by atomic mass is 9.65. The molecule has 4 aromatic rings. The van der Waals surface area contributed by atoms with Crippen LogP contribution < -0.4 is 4.90 Å². The molecular weight excluding hydrogens is 426 g/mol. The van der Waals surface area contributed by atoms with Crippen molar-refractivity contribution in [3.63, 3.8) is 0 Å². The predicted octanol–water partition coefficient (Wildman–Crippen LogP) is 7.79. The van der Waals surface area contributed by atoms with E-state index in [2.05, 4.69) is 113 Å². The Hall–Kier alpha value is -3.01. The molecule has 0 saturated heterocycles. The van der Waals surface area contributed by atoms with E-state index in [4.69, 9.17) is 0 Å². The van der Waals surface area contributed by atoms with Gasteiger partial charge in [-0.2, -0.15) is 0 Å². The fourth-order valence-electron chi connectivity index (χ4n) is 5.61. The maximum atomic E-state index is 2.55. The fourth-order valence-corrected chi connectivity index (χ4v) is 7.94. The first kappa shape index (κ1) is 18.6. The van der Waals surface area contributed by atoms with Gasteiger partial charge in [0.25, 0.3) is 0 Å². The summed E-state index contributed by atoms with van der Waals surface area (Å²) in [6.45, 7) is 0.960. The van der Waals surface area contributed by atoms with E-state index >= 15 is 0 Å². The molecule has 0 fully saturated rings. The zero-order chi connectivity index (χ0) is 21.1. The highest BCUT2D eigenvalue weighted by Gasteiger charge is 2.50. The van der Waals surface area contributed by atoms with Crippen LogP contribution in [-0.2, 0) is 5.41 Å². The first-order valence-corrected chi connectivity index (χ1v) is 12.7. The van der Waals surface area contributed by atoms with Gasteiger partial charge in [0.1, 0.15) is 0 Å². The van der Waals surface area contributed by atoms with Gasteiger partial charge in [-0.3, -0.25) is 0 Å². The highest BCUT2D eigenvalue weighted by molar-refractivity contribution is 7.99. The van der Waals surface area contributed by atoms with Crippen molar-refractivity contribution in [1.82, 2.24) is 0 Å². The Bertz CT molecular complexity index is 1350. The average molecular weight is 448 g/mol. The van der Waals surface area contributed by atoms with Crippen LogP contribution in [0.5, 0.6) is 0 Å². The highest BCUT2D eigenvalue weighted by Crippen LogP contribution is 2.62. The molecule has 32 heavy (non-hydrogen) atoms. The summed E-state index contributed by atoms with van der Waals surface area (Å²) in [5.41, 5.74) is 6.58. The summed E-state index contributed by atoms with van der Waals surface area (Å²) >= 11 is 3.80. The number of nitrogens with zero attached hydrogens (tertiary/aromatic N) is 1. The Kier molecular flexibility index (Phi) is 4.06. The molecule has 0 radical (unpaired) electrons. The second kappa shape index (κ2) is 6.99. The minimum atomic E-state index is -0.281. The smallest absolute Gasteiger partial charge is 0.0857 e. The first-order chi connectivity index (χ1) is 15.9. The number of hydrogen-bond donors (Lipinski definition) is 0. The molecule has 3 heterocycles. The molecule has 2 aliphatic heterocycles. The van der Waals surface area contributed by atoms with E-state index in [1.807, 2.05) is 23.1 Å². The van der Waals surface area contributed by atoms with Gasteiger partial charge in [0.15, 0.2) is 0 Å². The summed E-state index contributed by atoms with van der Waals surface area (Å²) in [6, 6.07) is 29.4. The summed E-state index contributed by atoms with van der Waals surface area (Å²) in [4.78, 5) is 6.69. The van der Waals surface area contributed by atoms with Gasteiger partial charge in [-0.25, -0.2) is 0 Å². The van der Waals surface area contributed by atoms with Gasteiger partial charge in [0.2, 0.25) is 0 Å². The van der Waals surface area contributed by atoms with Crippen molar-refractivity contribution in [2.75, 3.05) is 11.4 Å². The molecule has 7 rings (SSSR count). The number of benzene rings is 3. The molecule has 3 aromatic carbocycles.